The second-order valence-corrected chi connectivity index (χ2v) is 7.97. The average Bonchev–Trinajstić information content (AvgIpc) is 3.17. The number of hydrogen-bond donors (Lipinski definition) is 1. The van der Waals surface area contributed by atoms with Gasteiger partial charge in [0.15, 0.2) is 5.76 Å². The van der Waals surface area contributed by atoms with E-state index in [1.807, 2.05) is 12.3 Å². The number of likely N-dealkylation sites (tertiary alicyclic amines) is 1. The number of benzene rings is 1. The smallest absolute Gasteiger partial charge is 0.289 e. The number of halogens is 1. The second kappa shape index (κ2) is 9.28. The van der Waals surface area contributed by atoms with Crippen LogP contribution in [0, 0.1) is 18.7 Å². The Morgan fingerprint density at radius 2 is 2.14 bits per heavy atom. The van der Waals surface area contributed by atoms with Crippen molar-refractivity contribution in [1.29, 1.82) is 0 Å². The van der Waals surface area contributed by atoms with Gasteiger partial charge in [-0.3, -0.25) is 9.59 Å². The molecule has 3 rings (SSSR count). The maximum atomic E-state index is 14.1. The summed E-state index contributed by atoms with van der Waals surface area (Å²) in [7, 11) is 0. The molecule has 1 saturated heterocycles. The van der Waals surface area contributed by atoms with E-state index in [0.29, 0.717) is 31.0 Å². The SMILES string of the molecule is CSCc1ccc(C(=O)N2CCCC(CNC(=O)c3cccc(C)c3F)C2)o1. The fourth-order valence-electron chi connectivity index (χ4n) is 3.44. The van der Waals surface area contributed by atoms with Crippen LogP contribution in [0.2, 0.25) is 0 Å². The number of nitrogens with zero attached hydrogens (tertiary/aromatic N) is 1. The molecule has 1 aliphatic rings. The van der Waals surface area contributed by atoms with Crippen molar-refractivity contribution >= 4 is 23.6 Å². The molecule has 1 aromatic carbocycles. The van der Waals surface area contributed by atoms with Crippen LogP contribution >= 0.6 is 11.8 Å². The Balaban J connectivity index is 1.56. The van der Waals surface area contributed by atoms with Crippen molar-refractivity contribution in [3.8, 4) is 0 Å². The molecule has 7 heteroatoms. The van der Waals surface area contributed by atoms with Gasteiger partial charge < -0.3 is 14.6 Å². The van der Waals surface area contributed by atoms with Crippen LogP contribution in [0.4, 0.5) is 4.39 Å². The van der Waals surface area contributed by atoms with Crippen molar-refractivity contribution in [2.75, 3.05) is 25.9 Å². The van der Waals surface area contributed by atoms with E-state index in [1.165, 1.54) is 6.07 Å². The van der Waals surface area contributed by atoms with Crippen LogP contribution in [-0.2, 0) is 5.75 Å². The first-order valence-electron chi connectivity index (χ1n) is 9.40. The Bertz CT molecular complexity index is 852. The van der Waals surface area contributed by atoms with E-state index in [2.05, 4.69) is 5.32 Å². The third-order valence-corrected chi connectivity index (χ3v) is 5.53. The van der Waals surface area contributed by atoms with Gasteiger partial charge in [0, 0.05) is 19.6 Å². The number of thioether (sulfide) groups is 1. The molecule has 1 N–H and O–H groups in total. The van der Waals surface area contributed by atoms with Crippen molar-refractivity contribution in [1.82, 2.24) is 10.2 Å². The average molecular weight is 405 g/mol. The molecule has 2 heterocycles. The summed E-state index contributed by atoms with van der Waals surface area (Å²) in [6.45, 7) is 3.27. The molecule has 28 heavy (non-hydrogen) atoms. The third-order valence-electron chi connectivity index (χ3n) is 4.95. The predicted octanol–water partition coefficient (Wildman–Crippen LogP) is 3.87. The molecular weight excluding hydrogens is 379 g/mol. The number of carbonyl (C=O) groups excluding carboxylic acids is 2. The van der Waals surface area contributed by atoms with Crippen molar-refractivity contribution in [3.63, 3.8) is 0 Å². The van der Waals surface area contributed by atoms with Crippen LogP contribution < -0.4 is 5.32 Å². The van der Waals surface area contributed by atoms with E-state index in [1.54, 1.807) is 41.8 Å². The fraction of sp³-hybridized carbons (Fsp3) is 0.429. The minimum Gasteiger partial charge on any atom is -0.455 e. The van der Waals surface area contributed by atoms with Gasteiger partial charge >= 0.3 is 0 Å². The summed E-state index contributed by atoms with van der Waals surface area (Å²) in [5, 5.41) is 2.81. The molecule has 1 aromatic heterocycles. The molecule has 2 amide bonds. The van der Waals surface area contributed by atoms with Gasteiger partial charge in [0.05, 0.1) is 11.3 Å². The highest BCUT2D eigenvalue weighted by Gasteiger charge is 2.27. The zero-order chi connectivity index (χ0) is 20.1. The number of nitrogens with one attached hydrogen (secondary N) is 1. The molecule has 0 spiro atoms. The van der Waals surface area contributed by atoms with Crippen molar-refractivity contribution < 1.29 is 18.4 Å². The van der Waals surface area contributed by atoms with Crippen LogP contribution in [0.3, 0.4) is 0 Å². The van der Waals surface area contributed by atoms with Crippen molar-refractivity contribution in [2.24, 2.45) is 5.92 Å². The number of furan rings is 1. The van der Waals surface area contributed by atoms with Crippen LogP contribution in [-0.4, -0.2) is 42.6 Å². The zero-order valence-electron chi connectivity index (χ0n) is 16.2. The summed E-state index contributed by atoms with van der Waals surface area (Å²) in [5.74, 6) is 0.990. The summed E-state index contributed by atoms with van der Waals surface area (Å²) >= 11 is 1.64. The van der Waals surface area contributed by atoms with Crippen LogP contribution in [0.1, 0.15) is 45.1 Å². The zero-order valence-corrected chi connectivity index (χ0v) is 17.0. The molecule has 150 valence electrons. The number of piperidine rings is 1. The van der Waals surface area contributed by atoms with Gasteiger partial charge in [0.1, 0.15) is 11.6 Å². The summed E-state index contributed by atoms with van der Waals surface area (Å²) < 4.78 is 19.7. The van der Waals surface area contributed by atoms with Crippen molar-refractivity contribution in [2.45, 2.75) is 25.5 Å². The first-order valence-corrected chi connectivity index (χ1v) is 10.8. The number of amides is 2. The highest BCUT2D eigenvalue weighted by Crippen LogP contribution is 2.21. The molecule has 0 radical (unpaired) electrons. The third kappa shape index (κ3) is 4.76. The Kier molecular flexibility index (Phi) is 6.78. The molecule has 1 fully saturated rings. The maximum Gasteiger partial charge on any atom is 0.289 e. The minimum absolute atomic E-state index is 0.0562. The molecule has 1 unspecified atom stereocenters. The number of hydrogen-bond acceptors (Lipinski definition) is 4. The van der Waals surface area contributed by atoms with Gasteiger partial charge in [-0.05, 0) is 55.7 Å². The Morgan fingerprint density at radius 1 is 1.32 bits per heavy atom. The van der Waals surface area contributed by atoms with Gasteiger partial charge in [0.2, 0.25) is 0 Å². The first-order chi connectivity index (χ1) is 13.5. The number of aryl methyl sites for hydroxylation is 1. The highest BCUT2D eigenvalue weighted by atomic mass is 32.2. The minimum atomic E-state index is -0.487. The van der Waals surface area contributed by atoms with Gasteiger partial charge in [-0.15, -0.1) is 0 Å². The topological polar surface area (TPSA) is 62.6 Å². The predicted molar refractivity (Wildman–Crippen MR) is 108 cm³/mol. The molecule has 0 saturated carbocycles. The summed E-state index contributed by atoms with van der Waals surface area (Å²) in [6.07, 6.45) is 3.76. The Labute approximate surface area is 168 Å². The van der Waals surface area contributed by atoms with E-state index in [9.17, 15) is 14.0 Å². The molecule has 2 aromatic rings. The monoisotopic (exact) mass is 404 g/mol. The maximum absolute atomic E-state index is 14.1. The largest absolute Gasteiger partial charge is 0.455 e. The van der Waals surface area contributed by atoms with Crippen LogP contribution in [0.25, 0.3) is 0 Å². The lowest BCUT2D eigenvalue weighted by Crippen LogP contribution is -2.43. The van der Waals surface area contributed by atoms with E-state index in [4.69, 9.17) is 4.42 Å². The summed E-state index contributed by atoms with van der Waals surface area (Å²) in [4.78, 5) is 26.8. The first kappa shape index (κ1) is 20.5. The Morgan fingerprint density at radius 3 is 2.93 bits per heavy atom. The van der Waals surface area contributed by atoms with Gasteiger partial charge in [-0.2, -0.15) is 11.8 Å². The normalized spacial score (nSPS) is 16.8. The van der Waals surface area contributed by atoms with Gasteiger partial charge in [-0.1, -0.05) is 12.1 Å². The van der Waals surface area contributed by atoms with E-state index < -0.39 is 11.7 Å². The van der Waals surface area contributed by atoms with E-state index in [0.717, 1.165) is 24.4 Å². The van der Waals surface area contributed by atoms with Crippen LogP contribution in [0.15, 0.2) is 34.7 Å². The number of rotatable bonds is 6. The lowest BCUT2D eigenvalue weighted by molar-refractivity contribution is 0.0638. The molecule has 1 atom stereocenters. The highest BCUT2D eigenvalue weighted by molar-refractivity contribution is 7.97. The lowest BCUT2D eigenvalue weighted by Gasteiger charge is -2.32. The Hall–Kier alpha value is -2.28. The molecular formula is C21H25FN2O3S. The summed E-state index contributed by atoms with van der Waals surface area (Å²) in [5.41, 5.74) is 0.502. The van der Waals surface area contributed by atoms with Gasteiger partial charge in [-0.25, -0.2) is 4.39 Å². The summed E-state index contributed by atoms with van der Waals surface area (Å²) in [6, 6.07) is 8.35. The molecule has 1 aliphatic heterocycles. The molecule has 0 bridgehead atoms. The fourth-order valence-corrected chi connectivity index (χ4v) is 3.88. The van der Waals surface area contributed by atoms with E-state index in [-0.39, 0.29) is 17.4 Å². The quantitative estimate of drug-likeness (QED) is 0.794. The van der Waals surface area contributed by atoms with Crippen LogP contribution in [0.5, 0.6) is 0 Å². The van der Waals surface area contributed by atoms with Crippen molar-refractivity contribution in [3.05, 3.63) is 58.8 Å². The molecule has 5 nitrogen and oxygen atoms in total. The second-order valence-electron chi connectivity index (χ2n) is 7.10. The lowest BCUT2D eigenvalue weighted by atomic mass is 9.97. The molecule has 0 aliphatic carbocycles. The standard InChI is InChI=1S/C21H25FN2O3S/c1-14-5-3-7-17(19(14)22)20(25)23-11-15-6-4-10-24(12-15)21(26)18-9-8-16(27-18)13-28-2/h3,5,7-9,15H,4,6,10-13H2,1-2H3,(H,23,25). The number of carbonyl (C=O) groups is 2. The van der Waals surface area contributed by atoms with E-state index >= 15 is 0 Å². The van der Waals surface area contributed by atoms with Gasteiger partial charge in [0.25, 0.3) is 11.8 Å².